The van der Waals surface area contributed by atoms with Gasteiger partial charge in [0.05, 0.1) is 12.7 Å². The number of carbonyl (C=O) groups is 3. The number of thioether (sulfide) groups is 1. The molecule has 3 rings (SSSR count). The number of methoxy groups -OCH3 is 1. The number of fused-ring (bicyclic) bond motifs is 1. The molecule has 0 aliphatic carbocycles. The number of nitrogens with two attached hydrogens (primary N) is 1. The maximum absolute atomic E-state index is 12.8. The average molecular weight is 394 g/mol. The SMILES string of the molecule is COc1cccc([C@@H]2[NH2+][C@@](CCSC)(C(=O)[O-])[C@H]3C(=O)N(C)C(=O)[C@H]23)c1O. The lowest BCUT2D eigenvalue weighted by atomic mass is 9.78. The summed E-state index contributed by atoms with van der Waals surface area (Å²) in [6.07, 6.45) is 2.01. The van der Waals surface area contributed by atoms with Crippen LogP contribution in [-0.4, -0.2) is 59.5 Å². The number of phenols is 1. The quantitative estimate of drug-likeness (QED) is 0.562. The highest BCUT2D eigenvalue weighted by Crippen LogP contribution is 2.47. The van der Waals surface area contributed by atoms with Gasteiger partial charge in [-0.3, -0.25) is 14.5 Å². The predicted molar refractivity (Wildman–Crippen MR) is 94.8 cm³/mol. The van der Waals surface area contributed by atoms with Crippen molar-refractivity contribution in [3.8, 4) is 11.5 Å². The van der Waals surface area contributed by atoms with Crippen molar-refractivity contribution in [1.29, 1.82) is 0 Å². The summed E-state index contributed by atoms with van der Waals surface area (Å²) in [4.78, 5) is 38.7. The third-order valence-electron chi connectivity index (χ3n) is 5.70. The molecule has 0 radical (unpaired) electrons. The molecule has 1 aromatic carbocycles. The Kier molecular flexibility index (Phi) is 5.09. The number of aromatic hydroxyl groups is 1. The number of imide groups is 1. The van der Waals surface area contributed by atoms with Crippen LogP contribution < -0.4 is 15.2 Å². The maximum atomic E-state index is 12.8. The van der Waals surface area contributed by atoms with E-state index in [2.05, 4.69) is 0 Å². The maximum Gasteiger partial charge on any atom is 0.239 e. The lowest BCUT2D eigenvalue weighted by Crippen LogP contribution is -2.99. The number of amides is 2. The first-order valence-corrected chi connectivity index (χ1v) is 9.93. The molecule has 1 aromatic rings. The summed E-state index contributed by atoms with van der Waals surface area (Å²) in [6.45, 7) is 0. The molecule has 146 valence electrons. The van der Waals surface area contributed by atoms with Crippen molar-refractivity contribution in [2.24, 2.45) is 11.8 Å². The zero-order valence-electron chi connectivity index (χ0n) is 15.3. The van der Waals surface area contributed by atoms with Crippen LogP contribution in [-0.2, 0) is 14.4 Å². The smallest absolute Gasteiger partial charge is 0.239 e. The van der Waals surface area contributed by atoms with E-state index in [0.29, 0.717) is 11.3 Å². The number of quaternary nitrogens is 1. The molecule has 2 fully saturated rings. The molecule has 2 aliphatic heterocycles. The van der Waals surface area contributed by atoms with Gasteiger partial charge in [-0.2, -0.15) is 11.8 Å². The van der Waals surface area contributed by atoms with Gasteiger partial charge in [0.15, 0.2) is 17.0 Å². The normalized spacial score (nSPS) is 29.9. The molecule has 2 amide bonds. The number of likely N-dealkylation sites (tertiary alicyclic amines) is 1. The van der Waals surface area contributed by atoms with Crippen LogP contribution in [0.4, 0.5) is 0 Å². The molecule has 0 bridgehead atoms. The van der Waals surface area contributed by atoms with Gasteiger partial charge in [-0.25, -0.2) is 0 Å². The minimum Gasteiger partial charge on any atom is -0.544 e. The fourth-order valence-corrected chi connectivity index (χ4v) is 4.87. The molecule has 0 aromatic heterocycles. The Bertz CT molecular complexity index is 800. The Morgan fingerprint density at radius 3 is 2.70 bits per heavy atom. The highest BCUT2D eigenvalue weighted by atomic mass is 32.2. The number of nitrogens with zero attached hydrogens (tertiary/aromatic N) is 1. The molecule has 0 unspecified atom stereocenters. The average Bonchev–Trinajstić information content (AvgIpc) is 3.11. The number of rotatable bonds is 6. The van der Waals surface area contributed by atoms with Crippen LogP contribution in [0.3, 0.4) is 0 Å². The Labute approximate surface area is 160 Å². The van der Waals surface area contributed by atoms with Crippen LogP contribution >= 0.6 is 11.8 Å². The molecule has 2 aliphatic rings. The van der Waals surface area contributed by atoms with Gasteiger partial charge >= 0.3 is 0 Å². The first kappa shape index (κ1) is 19.5. The molecule has 9 heteroatoms. The van der Waals surface area contributed by atoms with Gasteiger partial charge in [0, 0.05) is 13.5 Å². The number of hydrogen-bond donors (Lipinski definition) is 2. The van der Waals surface area contributed by atoms with E-state index in [-0.39, 0.29) is 17.9 Å². The molecule has 3 N–H and O–H groups in total. The number of carboxylic acid groups (broad SMARTS) is 1. The number of hydrogen-bond acceptors (Lipinski definition) is 7. The first-order valence-electron chi connectivity index (χ1n) is 8.53. The molecular formula is C18H22N2O6S. The number of carbonyl (C=O) groups excluding carboxylic acids is 3. The van der Waals surface area contributed by atoms with Gasteiger partial charge in [-0.05, 0) is 24.1 Å². The second-order valence-corrected chi connectivity index (χ2v) is 7.89. The highest BCUT2D eigenvalue weighted by molar-refractivity contribution is 7.98. The standard InChI is InChI=1S/C18H22N2O6S/c1-20-15(22)11-12(16(20)23)18(17(24)25,7-8-27-3)19-13(11)9-5-4-6-10(26-2)14(9)21/h4-6,11-13,19,21H,7-8H2,1-3H3,(H,24,25)/t11-,12+,13-,18+/m0/s1. The Balaban J connectivity index is 2.15. The monoisotopic (exact) mass is 394 g/mol. The number of aliphatic carboxylic acids is 1. The van der Waals surface area contributed by atoms with Crippen molar-refractivity contribution in [2.45, 2.75) is 18.0 Å². The second-order valence-electron chi connectivity index (χ2n) is 6.90. The van der Waals surface area contributed by atoms with Gasteiger partial charge in [0.1, 0.15) is 23.8 Å². The second kappa shape index (κ2) is 7.05. The fraction of sp³-hybridized carbons (Fsp3) is 0.500. The van der Waals surface area contributed by atoms with E-state index < -0.39 is 41.2 Å². The van der Waals surface area contributed by atoms with Crippen LogP contribution in [0.1, 0.15) is 18.0 Å². The zero-order chi connectivity index (χ0) is 19.9. The summed E-state index contributed by atoms with van der Waals surface area (Å²) >= 11 is 1.46. The summed E-state index contributed by atoms with van der Waals surface area (Å²) in [5, 5.41) is 24.3. The van der Waals surface area contributed by atoms with Crippen molar-refractivity contribution in [3.05, 3.63) is 23.8 Å². The Morgan fingerprint density at radius 1 is 1.41 bits per heavy atom. The van der Waals surface area contributed by atoms with Crippen LogP contribution in [0.2, 0.25) is 0 Å². The summed E-state index contributed by atoms with van der Waals surface area (Å²) in [5.41, 5.74) is -1.20. The van der Waals surface area contributed by atoms with Crippen LogP contribution in [0, 0.1) is 11.8 Å². The highest BCUT2D eigenvalue weighted by Gasteiger charge is 2.69. The van der Waals surface area contributed by atoms with Crippen molar-refractivity contribution >= 4 is 29.5 Å². The Hall–Kier alpha value is -2.26. The molecule has 8 nitrogen and oxygen atoms in total. The molecule has 2 heterocycles. The van der Waals surface area contributed by atoms with Gasteiger partial charge in [0.2, 0.25) is 11.8 Å². The number of carboxylic acids is 1. The number of para-hydroxylation sites is 1. The minimum absolute atomic E-state index is 0.159. The van der Waals surface area contributed by atoms with E-state index in [0.717, 1.165) is 4.90 Å². The third-order valence-corrected chi connectivity index (χ3v) is 6.31. The van der Waals surface area contributed by atoms with Gasteiger partial charge in [0.25, 0.3) is 0 Å². The molecule has 4 atom stereocenters. The summed E-state index contributed by atoms with van der Waals surface area (Å²) in [6, 6.07) is 4.11. The van der Waals surface area contributed by atoms with E-state index in [1.165, 1.54) is 31.2 Å². The van der Waals surface area contributed by atoms with Gasteiger partial charge in [-0.1, -0.05) is 6.07 Å². The number of ether oxygens (including phenoxy) is 1. The summed E-state index contributed by atoms with van der Waals surface area (Å²) in [7, 11) is 2.77. The Morgan fingerprint density at radius 2 is 2.11 bits per heavy atom. The first-order chi connectivity index (χ1) is 12.8. The van der Waals surface area contributed by atoms with Crippen molar-refractivity contribution in [3.63, 3.8) is 0 Å². The molecular weight excluding hydrogens is 372 g/mol. The van der Waals surface area contributed by atoms with E-state index in [9.17, 15) is 24.6 Å². The van der Waals surface area contributed by atoms with Crippen LogP contribution in [0.5, 0.6) is 11.5 Å². The van der Waals surface area contributed by atoms with Gasteiger partial charge < -0.3 is 25.1 Å². The number of benzene rings is 1. The van der Waals surface area contributed by atoms with Crippen molar-refractivity contribution in [2.75, 3.05) is 26.2 Å². The lowest BCUT2D eigenvalue weighted by Gasteiger charge is -2.32. The molecule has 0 spiro atoms. The third kappa shape index (κ3) is 2.76. The minimum atomic E-state index is -1.56. The zero-order valence-corrected chi connectivity index (χ0v) is 16.1. The largest absolute Gasteiger partial charge is 0.544 e. The van der Waals surface area contributed by atoms with Crippen molar-refractivity contribution in [1.82, 2.24) is 4.90 Å². The van der Waals surface area contributed by atoms with E-state index in [1.54, 1.807) is 18.2 Å². The summed E-state index contributed by atoms with van der Waals surface area (Å²) < 4.78 is 5.13. The summed E-state index contributed by atoms with van der Waals surface area (Å²) in [5.74, 6) is -3.70. The molecule has 0 saturated carbocycles. The van der Waals surface area contributed by atoms with Crippen molar-refractivity contribution < 1.29 is 34.7 Å². The van der Waals surface area contributed by atoms with Gasteiger partial charge in [-0.15, -0.1) is 0 Å². The lowest BCUT2D eigenvalue weighted by molar-refractivity contribution is -0.739. The van der Waals surface area contributed by atoms with E-state index in [1.807, 2.05) is 6.26 Å². The number of phenolic OH excluding ortho intramolecular Hbond substituents is 1. The van der Waals surface area contributed by atoms with Crippen LogP contribution in [0.25, 0.3) is 0 Å². The fourth-order valence-electron chi connectivity index (χ4n) is 4.33. The molecule has 2 saturated heterocycles. The predicted octanol–water partition coefficient (Wildman–Crippen LogP) is -1.51. The van der Waals surface area contributed by atoms with E-state index >= 15 is 0 Å². The molecule has 27 heavy (non-hydrogen) atoms. The van der Waals surface area contributed by atoms with E-state index in [4.69, 9.17) is 4.74 Å². The van der Waals surface area contributed by atoms with Crippen LogP contribution in [0.15, 0.2) is 18.2 Å². The topological polar surface area (TPSA) is 124 Å².